The fraction of sp³-hybridized carbons (Fsp3) is 0. The zero-order valence-electron chi connectivity index (χ0n) is 14.7. The van der Waals surface area contributed by atoms with Crippen LogP contribution >= 0.6 is 23.4 Å². The topological polar surface area (TPSA) is 103 Å². The van der Waals surface area contributed by atoms with Gasteiger partial charge < -0.3 is 15.3 Å². The molecular weight excluding hydrogens is 410 g/mol. The van der Waals surface area contributed by atoms with Crippen LogP contribution in [0, 0.1) is 0 Å². The Bertz CT molecular complexity index is 1420. The molecule has 4 aromatic rings. The molecular formula is C20H12ClN5O2S. The van der Waals surface area contributed by atoms with E-state index in [9.17, 15) is 9.59 Å². The van der Waals surface area contributed by atoms with Crippen molar-refractivity contribution in [3.8, 4) is 0 Å². The Morgan fingerprint density at radius 3 is 2.76 bits per heavy atom. The van der Waals surface area contributed by atoms with Crippen LogP contribution in [0.3, 0.4) is 0 Å². The van der Waals surface area contributed by atoms with Crippen molar-refractivity contribution in [1.29, 1.82) is 0 Å². The molecule has 2 aromatic heterocycles. The third kappa shape index (κ3) is 3.43. The highest BCUT2D eigenvalue weighted by atomic mass is 35.5. The highest BCUT2D eigenvalue weighted by Gasteiger charge is 2.24. The van der Waals surface area contributed by atoms with Crippen LogP contribution in [0.1, 0.15) is 5.56 Å². The summed E-state index contributed by atoms with van der Waals surface area (Å²) in [5, 5.41) is 4.53. The first-order valence-corrected chi connectivity index (χ1v) is 9.80. The predicted molar refractivity (Wildman–Crippen MR) is 116 cm³/mol. The number of aliphatic imine (C=N–C) groups is 1. The number of nitrogens with zero attached hydrogens (tertiary/aromatic N) is 2. The van der Waals surface area contributed by atoms with Crippen LogP contribution in [0.2, 0.25) is 5.02 Å². The molecule has 142 valence electrons. The van der Waals surface area contributed by atoms with E-state index in [2.05, 4.69) is 25.3 Å². The molecule has 0 aliphatic carbocycles. The number of H-pyrrole nitrogens is 2. The van der Waals surface area contributed by atoms with E-state index >= 15 is 0 Å². The number of imidazole rings is 1. The second-order valence-electron chi connectivity index (χ2n) is 6.37. The smallest absolute Gasteiger partial charge is 0.306 e. The number of aromatic nitrogens is 3. The largest absolute Gasteiger partial charge is 0.323 e. The minimum Gasteiger partial charge on any atom is -0.306 e. The first-order chi connectivity index (χ1) is 14.0. The molecule has 29 heavy (non-hydrogen) atoms. The number of carbonyl (C=O) groups excluding carboxylic acids is 1. The predicted octanol–water partition coefficient (Wildman–Crippen LogP) is 3.95. The molecule has 1 aliphatic rings. The molecule has 3 N–H and O–H groups in total. The molecule has 1 amide bonds. The summed E-state index contributed by atoms with van der Waals surface area (Å²) in [5.41, 5.74) is 3.12. The summed E-state index contributed by atoms with van der Waals surface area (Å²) in [6, 6.07) is 12.9. The van der Waals surface area contributed by atoms with Crippen molar-refractivity contribution in [2.24, 2.45) is 4.99 Å². The number of hydrogen-bond acceptors (Lipinski definition) is 5. The number of benzene rings is 2. The maximum absolute atomic E-state index is 12.4. The summed E-state index contributed by atoms with van der Waals surface area (Å²) in [7, 11) is 0. The number of fused-ring (bicyclic) bond motifs is 2. The molecule has 3 heterocycles. The van der Waals surface area contributed by atoms with E-state index < -0.39 is 0 Å². The second kappa shape index (κ2) is 6.91. The van der Waals surface area contributed by atoms with Crippen molar-refractivity contribution in [2.75, 3.05) is 0 Å². The first kappa shape index (κ1) is 17.7. The van der Waals surface area contributed by atoms with Crippen LogP contribution in [0.25, 0.3) is 28.0 Å². The molecule has 1 saturated heterocycles. The maximum Gasteiger partial charge on any atom is 0.323 e. The maximum atomic E-state index is 12.4. The van der Waals surface area contributed by atoms with Gasteiger partial charge in [0.05, 0.1) is 32.2 Å². The lowest BCUT2D eigenvalue weighted by Crippen LogP contribution is -2.19. The van der Waals surface area contributed by atoms with Crippen molar-refractivity contribution >= 4 is 68.1 Å². The van der Waals surface area contributed by atoms with Crippen molar-refractivity contribution in [3.63, 3.8) is 0 Å². The Hall–Kier alpha value is -3.36. The van der Waals surface area contributed by atoms with Gasteiger partial charge in [-0.2, -0.15) is 0 Å². The molecule has 0 unspecified atom stereocenters. The lowest BCUT2D eigenvalue weighted by Gasteiger charge is -2.00. The third-order valence-electron chi connectivity index (χ3n) is 4.38. The number of carbonyl (C=O) groups is 1. The molecule has 2 aromatic carbocycles. The van der Waals surface area contributed by atoms with Crippen LogP contribution in [0.5, 0.6) is 0 Å². The van der Waals surface area contributed by atoms with E-state index in [-0.39, 0.29) is 11.6 Å². The van der Waals surface area contributed by atoms with Gasteiger partial charge in [0.25, 0.3) is 5.91 Å². The van der Waals surface area contributed by atoms with Gasteiger partial charge in [0, 0.05) is 11.6 Å². The van der Waals surface area contributed by atoms with E-state index in [4.69, 9.17) is 11.6 Å². The van der Waals surface area contributed by atoms with E-state index in [1.54, 1.807) is 18.3 Å². The summed E-state index contributed by atoms with van der Waals surface area (Å²) >= 11 is 7.49. The van der Waals surface area contributed by atoms with Crippen LogP contribution in [-0.2, 0) is 4.79 Å². The SMILES string of the molecule is O=C1NC(=Nc2cc3[nH]c(=O)[nH]c3cc2Cl)S/C1=C\c1ccc2ncccc2c1. The van der Waals surface area contributed by atoms with E-state index in [0.717, 1.165) is 16.5 Å². The molecule has 0 spiro atoms. The normalized spacial score (nSPS) is 16.9. The number of amides is 1. The van der Waals surface area contributed by atoms with Crippen LogP contribution in [0.4, 0.5) is 5.69 Å². The second-order valence-corrected chi connectivity index (χ2v) is 7.80. The van der Waals surface area contributed by atoms with Gasteiger partial charge >= 0.3 is 5.69 Å². The van der Waals surface area contributed by atoms with Crippen molar-refractivity contribution < 1.29 is 4.79 Å². The number of amidine groups is 1. The summed E-state index contributed by atoms with van der Waals surface area (Å²) in [4.78, 5) is 38.4. The standard InChI is InChI=1S/C20H12ClN5O2S/c21-12-8-15-16(24-19(28)23-15)9-14(12)25-20-26-18(27)17(29-20)7-10-3-4-13-11(6-10)2-1-5-22-13/h1-9H,(H2,23,24,28)(H,25,26,27)/b17-7-. The van der Waals surface area contributed by atoms with Gasteiger partial charge in [-0.05, 0) is 53.7 Å². The quantitative estimate of drug-likeness (QED) is 0.426. The van der Waals surface area contributed by atoms with Gasteiger partial charge in [0.2, 0.25) is 0 Å². The molecule has 0 radical (unpaired) electrons. The lowest BCUT2D eigenvalue weighted by atomic mass is 10.1. The fourth-order valence-electron chi connectivity index (χ4n) is 3.06. The number of rotatable bonds is 2. The summed E-state index contributed by atoms with van der Waals surface area (Å²) in [6.07, 6.45) is 3.55. The molecule has 0 atom stereocenters. The van der Waals surface area contributed by atoms with Gasteiger partial charge in [0.15, 0.2) is 5.17 Å². The number of aromatic amines is 2. The van der Waals surface area contributed by atoms with Crippen molar-refractivity contribution in [2.45, 2.75) is 0 Å². The molecule has 5 rings (SSSR count). The van der Waals surface area contributed by atoms with Crippen molar-refractivity contribution in [1.82, 2.24) is 20.3 Å². The Morgan fingerprint density at radius 1 is 1.07 bits per heavy atom. The van der Waals surface area contributed by atoms with Gasteiger partial charge in [-0.1, -0.05) is 23.7 Å². The molecule has 9 heteroatoms. The average Bonchev–Trinajstić information content (AvgIpc) is 3.22. The number of halogens is 1. The molecule has 0 bridgehead atoms. The van der Waals surface area contributed by atoms with E-state index in [1.165, 1.54) is 11.8 Å². The Kier molecular flexibility index (Phi) is 4.22. The minimum atomic E-state index is -0.319. The van der Waals surface area contributed by atoms with Crippen LogP contribution < -0.4 is 11.0 Å². The third-order valence-corrected chi connectivity index (χ3v) is 5.59. The average molecular weight is 422 g/mol. The Labute approximate surface area is 172 Å². The van der Waals surface area contributed by atoms with E-state index in [0.29, 0.717) is 31.8 Å². The van der Waals surface area contributed by atoms with Crippen LogP contribution in [0.15, 0.2) is 63.4 Å². The van der Waals surface area contributed by atoms with Gasteiger partial charge in [-0.15, -0.1) is 0 Å². The monoisotopic (exact) mass is 421 g/mol. The summed E-state index contributed by atoms with van der Waals surface area (Å²) < 4.78 is 0. The Morgan fingerprint density at radius 2 is 1.90 bits per heavy atom. The zero-order chi connectivity index (χ0) is 20.0. The number of thioether (sulfide) groups is 1. The highest BCUT2D eigenvalue weighted by Crippen LogP contribution is 2.33. The summed E-state index contributed by atoms with van der Waals surface area (Å²) in [6.45, 7) is 0. The van der Waals surface area contributed by atoms with Gasteiger partial charge in [0.1, 0.15) is 0 Å². The highest BCUT2D eigenvalue weighted by molar-refractivity contribution is 8.18. The summed E-state index contributed by atoms with van der Waals surface area (Å²) in [5.74, 6) is -0.229. The lowest BCUT2D eigenvalue weighted by molar-refractivity contribution is -0.115. The van der Waals surface area contributed by atoms with Gasteiger partial charge in [-0.3, -0.25) is 9.78 Å². The van der Waals surface area contributed by atoms with Gasteiger partial charge in [-0.25, -0.2) is 9.79 Å². The molecule has 7 nitrogen and oxygen atoms in total. The zero-order valence-corrected chi connectivity index (χ0v) is 16.3. The minimum absolute atomic E-state index is 0.229. The first-order valence-electron chi connectivity index (χ1n) is 8.61. The number of pyridine rings is 1. The molecule has 1 fully saturated rings. The molecule has 0 saturated carbocycles. The number of hydrogen-bond donors (Lipinski definition) is 3. The molecule has 1 aliphatic heterocycles. The Balaban J connectivity index is 1.47. The van der Waals surface area contributed by atoms with E-state index in [1.807, 2.05) is 36.4 Å². The fourth-order valence-corrected chi connectivity index (χ4v) is 4.10. The van der Waals surface area contributed by atoms with Crippen LogP contribution in [-0.4, -0.2) is 26.0 Å². The van der Waals surface area contributed by atoms with Crippen molar-refractivity contribution in [3.05, 3.63) is 74.6 Å². The number of nitrogens with one attached hydrogen (secondary N) is 3.